The molecule has 0 amide bonds. The van der Waals surface area contributed by atoms with Crippen molar-refractivity contribution in [3.05, 3.63) is 48.6 Å². The van der Waals surface area contributed by atoms with Crippen LogP contribution in [0.3, 0.4) is 0 Å². The van der Waals surface area contributed by atoms with Crippen LogP contribution in [0, 0.1) is 0 Å². The van der Waals surface area contributed by atoms with Crippen LogP contribution in [0.15, 0.2) is 43.0 Å². The summed E-state index contributed by atoms with van der Waals surface area (Å²) in [6.07, 6.45) is 3.06. The van der Waals surface area contributed by atoms with Gasteiger partial charge in [-0.15, -0.1) is 6.58 Å². The van der Waals surface area contributed by atoms with E-state index in [2.05, 4.69) is 6.58 Å². The Morgan fingerprint density at radius 1 is 1.21 bits per heavy atom. The highest BCUT2D eigenvalue weighted by molar-refractivity contribution is 7.54. The molecule has 1 rings (SSSR count). The summed E-state index contributed by atoms with van der Waals surface area (Å²) in [6, 6.07) is 9.98. The molecule has 0 saturated carbocycles. The maximum Gasteiger partial charge on any atom is 0.334 e. The van der Waals surface area contributed by atoms with Gasteiger partial charge in [0, 0.05) is 0 Å². The first kappa shape index (κ1) is 16.2. The van der Waals surface area contributed by atoms with Gasteiger partial charge in [-0.2, -0.15) is 0 Å². The Labute approximate surface area is 116 Å². The van der Waals surface area contributed by atoms with E-state index in [9.17, 15) is 4.57 Å². The molecule has 1 unspecified atom stereocenters. The Kier molecular flexibility index (Phi) is 7.07. The Balaban J connectivity index is 2.90. The van der Waals surface area contributed by atoms with E-state index in [0.29, 0.717) is 26.1 Å². The molecular weight excluding hydrogens is 259 g/mol. The van der Waals surface area contributed by atoms with E-state index < -0.39 is 7.60 Å². The fourth-order valence-corrected chi connectivity index (χ4v) is 4.07. The lowest BCUT2D eigenvalue weighted by atomic mass is 10.1. The van der Waals surface area contributed by atoms with Gasteiger partial charge in [0.05, 0.1) is 18.9 Å². The van der Waals surface area contributed by atoms with E-state index in [4.69, 9.17) is 9.05 Å². The van der Waals surface area contributed by atoms with Gasteiger partial charge in [-0.05, 0) is 32.3 Å². The maximum atomic E-state index is 12.8. The SMILES string of the molecule is C=CCC(Cc1ccccc1)P(=O)(OCC)OCC. The molecule has 0 saturated heterocycles. The normalized spacial score (nSPS) is 13.2. The highest BCUT2D eigenvalue weighted by Gasteiger charge is 2.34. The third-order valence-corrected chi connectivity index (χ3v) is 5.34. The van der Waals surface area contributed by atoms with E-state index in [1.165, 1.54) is 0 Å². The van der Waals surface area contributed by atoms with Gasteiger partial charge in [-0.1, -0.05) is 36.4 Å². The van der Waals surface area contributed by atoms with Gasteiger partial charge in [-0.25, -0.2) is 0 Å². The largest absolute Gasteiger partial charge is 0.334 e. The summed E-state index contributed by atoms with van der Waals surface area (Å²) in [4.78, 5) is 0. The first-order chi connectivity index (χ1) is 9.16. The van der Waals surface area contributed by atoms with Crippen LogP contribution in [-0.2, 0) is 20.0 Å². The molecule has 0 radical (unpaired) electrons. The second kappa shape index (κ2) is 8.31. The van der Waals surface area contributed by atoms with Crippen LogP contribution in [0.5, 0.6) is 0 Å². The zero-order chi connectivity index (χ0) is 14.1. The summed E-state index contributed by atoms with van der Waals surface area (Å²) < 4.78 is 23.7. The van der Waals surface area contributed by atoms with Crippen LogP contribution in [0.4, 0.5) is 0 Å². The van der Waals surface area contributed by atoms with Gasteiger partial charge in [0.15, 0.2) is 0 Å². The average Bonchev–Trinajstić information content (AvgIpc) is 2.40. The van der Waals surface area contributed by atoms with Crippen molar-refractivity contribution in [2.45, 2.75) is 32.3 Å². The molecule has 19 heavy (non-hydrogen) atoms. The lowest BCUT2D eigenvalue weighted by Gasteiger charge is -2.25. The molecule has 0 aromatic heterocycles. The van der Waals surface area contributed by atoms with Gasteiger partial charge < -0.3 is 9.05 Å². The Bertz CT molecular complexity index is 407. The number of benzene rings is 1. The van der Waals surface area contributed by atoms with Gasteiger partial charge in [0.1, 0.15) is 0 Å². The van der Waals surface area contributed by atoms with Crippen molar-refractivity contribution >= 4 is 7.60 Å². The smallest absolute Gasteiger partial charge is 0.309 e. The highest BCUT2D eigenvalue weighted by Crippen LogP contribution is 2.55. The first-order valence-corrected chi connectivity index (χ1v) is 8.31. The molecule has 0 aliphatic rings. The van der Waals surface area contributed by atoms with E-state index in [-0.39, 0.29) is 5.66 Å². The van der Waals surface area contributed by atoms with Crippen LogP contribution in [0.1, 0.15) is 25.8 Å². The van der Waals surface area contributed by atoms with E-state index >= 15 is 0 Å². The minimum atomic E-state index is -3.08. The number of hydrogen-bond donors (Lipinski definition) is 0. The summed E-state index contributed by atoms with van der Waals surface area (Å²) in [7, 11) is -3.08. The van der Waals surface area contributed by atoms with E-state index in [1.807, 2.05) is 44.2 Å². The molecule has 0 heterocycles. The van der Waals surface area contributed by atoms with Crippen molar-refractivity contribution in [3.8, 4) is 0 Å². The summed E-state index contributed by atoms with van der Waals surface area (Å²) in [5.41, 5.74) is 0.960. The van der Waals surface area contributed by atoms with E-state index in [0.717, 1.165) is 5.56 Å². The number of allylic oxidation sites excluding steroid dienone is 1. The minimum Gasteiger partial charge on any atom is -0.309 e. The Morgan fingerprint density at radius 3 is 2.26 bits per heavy atom. The van der Waals surface area contributed by atoms with Gasteiger partial charge in [0.2, 0.25) is 0 Å². The second-order valence-electron chi connectivity index (χ2n) is 4.24. The van der Waals surface area contributed by atoms with Crippen molar-refractivity contribution in [3.63, 3.8) is 0 Å². The topological polar surface area (TPSA) is 35.5 Å². The number of hydrogen-bond acceptors (Lipinski definition) is 3. The second-order valence-corrected chi connectivity index (χ2v) is 6.57. The van der Waals surface area contributed by atoms with E-state index in [1.54, 1.807) is 6.08 Å². The minimum absolute atomic E-state index is 0.174. The molecule has 1 aromatic rings. The summed E-state index contributed by atoms with van der Waals surface area (Å²) >= 11 is 0. The monoisotopic (exact) mass is 282 g/mol. The zero-order valence-electron chi connectivity index (χ0n) is 11.7. The molecule has 0 aliphatic heterocycles. The average molecular weight is 282 g/mol. The highest BCUT2D eigenvalue weighted by atomic mass is 31.2. The van der Waals surface area contributed by atoms with Crippen LogP contribution in [-0.4, -0.2) is 18.9 Å². The molecule has 4 heteroatoms. The zero-order valence-corrected chi connectivity index (χ0v) is 12.6. The van der Waals surface area contributed by atoms with Crippen LogP contribution < -0.4 is 0 Å². The molecule has 1 aromatic carbocycles. The third kappa shape index (κ3) is 4.94. The van der Waals surface area contributed by atoms with Crippen LogP contribution >= 0.6 is 7.60 Å². The standard InChI is InChI=1S/C15H23O3P/c1-4-10-15(13-14-11-8-7-9-12-14)19(16,17-5-2)18-6-3/h4,7-9,11-12,15H,1,5-6,10,13H2,2-3H3. The van der Waals surface area contributed by atoms with Crippen molar-refractivity contribution in [1.29, 1.82) is 0 Å². The predicted molar refractivity (Wildman–Crippen MR) is 79.6 cm³/mol. The Hall–Kier alpha value is -0.890. The quantitative estimate of drug-likeness (QED) is 0.496. The summed E-state index contributed by atoms with van der Waals surface area (Å²) in [6.45, 7) is 8.19. The van der Waals surface area contributed by atoms with Gasteiger partial charge >= 0.3 is 7.60 Å². The van der Waals surface area contributed by atoms with Crippen LogP contribution in [0.2, 0.25) is 0 Å². The molecule has 0 fully saturated rings. The molecule has 0 spiro atoms. The number of rotatable bonds is 9. The third-order valence-electron chi connectivity index (χ3n) is 2.82. The Morgan fingerprint density at radius 2 is 1.79 bits per heavy atom. The van der Waals surface area contributed by atoms with Crippen molar-refractivity contribution < 1.29 is 13.6 Å². The van der Waals surface area contributed by atoms with Gasteiger partial charge in [0.25, 0.3) is 0 Å². The molecule has 1 atom stereocenters. The predicted octanol–water partition coefficient (Wildman–Crippen LogP) is 4.44. The molecule has 3 nitrogen and oxygen atoms in total. The molecule has 0 N–H and O–H groups in total. The maximum absolute atomic E-state index is 12.8. The molecular formula is C15H23O3P. The van der Waals surface area contributed by atoms with Crippen molar-refractivity contribution in [2.24, 2.45) is 0 Å². The molecule has 106 valence electrons. The fourth-order valence-electron chi connectivity index (χ4n) is 2.01. The van der Waals surface area contributed by atoms with Crippen LogP contribution in [0.25, 0.3) is 0 Å². The van der Waals surface area contributed by atoms with Crippen molar-refractivity contribution in [2.75, 3.05) is 13.2 Å². The summed E-state index contributed by atoms with van der Waals surface area (Å²) in [5.74, 6) is 0. The lowest BCUT2D eigenvalue weighted by molar-refractivity contribution is 0.211. The molecule has 0 aliphatic carbocycles. The fraction of sp³-hybridized carbons (Fsp3) is 0.467. The first-order valence-electron chi connectivity index (χ1n) is 6.69. The van der Waals surface area contributed by atoms with Crippen molar-refractivity contribution in [1.82, 2.24) is 0 Å². The molecule has 0 bridgehead atoms. The lowest BCUT2D eigenvalue weighted by Crippen LogP contribution is -2.16. The van der Waals surface area contributed by atoms with Gasteiger partial charge in [-0.3, -0.25) is 4.57 Å². The summed E-state index contributed by atoms with van der Waals surface area (Å²) in [5, 5.41) is 0.